The number of carbonyl (C=O) groups is 2. The number of rotatable bonds is 8. The maximum atomic E-state index is 12.0. The maximum absolute atomic E-state index is 12.0. The first-order valence-electron chi connectivity index (χ1n) is 7.64. The molecule has 2 aromatic carbocycles. The SMILES string of the molecule is CCC(=O)c1cccc(Oc2ccc(C(=O)CN=[N+]=[N-])cc2)c1N=[N+]=[N-]. The third-order valence-electron chi connectivity index (χ3n) is 3.45. The first-order chi connectivity index (χ1) is 12.6. The molecule has 0 unspecified atom stereocenters. The average molecular weight is 350 g/mol. The minimum absolute atomic E-state index is 0.116. The molecule has 0 amide bonds. The van der Waals surface area contributed by atoms with Crippen LogP contribution in [0, 0.1) is 0 Å². The Labute approximate surface area is 148 Å². The fourth-order valence-electron chi connectivity index (χ4n) is 2.19. The lowest BCUT2D eigenvalue weighted by Crippen LogP contribution is -2.02. The van der Waals surface area contributed by atoms with Crippen molar-refractivity contribution in [3.63, 3.8) is 0 Å². The lowest BCUT2D eigenvalue weighted by molar-refractivity contribution is 0.0984. The highest BCUT2D eigenvalue weighted by molar-refractivity contribution is 6.01. The number of benzene rings is 2. The van der Waals surface area contributed by atoms with Crippen molar-refractivity contribution in [2.24, 2.45) is 10.2 Å². The minimum atomic E-state index is -0.320. The highest BCUT2D eigenvalue weighted by Gasteiger charge is 2.14. The summed E-state index contributed by atoms with van der Waals surface area (Å²) < 4.78 is 5.70. The van der Waals surface area contributed by atoms with E-state index in [0.717, 1.165) is 0 Å². The molecule has 0 spiro atoms. The predicted octanol–water partition coefficient (Wildman–Crippen LogP) is 5.51. The smallest absolute Gasteiger partial charge is 0.168 e. The van der Waals surface area contributed by atoms with Crippen LogP contribution in [-0.4, -0.2) is 18.1 Å². The molecule has 0 saturated heterocycles. The largest absolute Gasteiger partial charge is 0.457 e. The van der Waals surface area contributed by atoms with Gasteiger partial charge in [-0.05, 0) is 41.4 Å². The predicted molar refractivity (Wildman–Crippen MR) is 94.7 cm³/mol. The summed E-state index contributed by atoms with van der Waals surface area (Å²) in [4.78, 5) is 29.1. The molecule has 0 saturated carbocycles. The van der Waals surface area contributed by atoms with E-state index in [0.29, 0.717) is 11.3 Å². The number of Topliss-reactive ketones (excluding diaryl/α,β-unsaturated/α-hetero) is 2. The first-order valence-corrected chi connectivity index (χ1v) is 7.64. The number of hydrogen-bond donors (Lipinski definition) is 0. The molecule has 0 aromatic heterocycles. The number of azide groups is 2. The van der Waals surface area contributed by atoms with Crippen LogP contribution >= 0.6 is 0 Å². The summed E-state index contributed by atoms with van der Waals surface area (Å²) in [5.74, 6) is 0.132. The van der Waals surface area contributed by atoms with Crippen LogP contribution in [0.5, 0.6) is 11.5 Å². The quantitative estimate of drug-likeness (QED) is 0.268. The normalized spacial score (nSPS) is 9.58. The fraction of sp³-hybridized carbons (Fsp3) is 0.176. The molecule has 9 nitrogen and oxygen atoms in total. The summed E-state index contributed by atoms with van der Waals surface area (Å²) in [5.41, 5.74) is 17.8. The molecular weight excluding hydrogens is 336 g/mol. The molecule has 2 aromatic rings. The van der Waals surface area contributed by atoms with E-state index in [1.165, 1.54) is 12.1 Å². The first kappa shape index (κ1) is 18.5. The molecule has 2 rings (SSSR count). The number of hydrogen-bond acceptors (Lipinski definition) is 5. The summed E-state index contributed by atoms with van der Waals surface area (Å²) in [6.45, 7) is 1.45. The van der Waals surface area contributed by atoms with Crippen LogP contribution in [0.1, 0.15) is 34.1 Å². The zero-order chi connectivity index (χ0) is 18.9. The Morgan fingerprint density at radius 2 is 1.77 bits per heavy atom. The van der Waals surface area contributed by atoms with E-state index >= 15 is 0 Å². The molecule has 0 fully saturated rings. The van der Waals surface area contributed by atoms with Gasteiger partial charge in [0.05, 0.1) is 12.2 Å². The standard InChI is InChI=1S/C17H14N6O3/c1-2-14(24)13-4-3-5-16(17(13)21-23-19)26-12-8-6-11(7-9-12)15(25)10-20-22-18/h3-9H,2,10H2,1H3. The highest BCUT2D eigenvalue weighted by atomic mass is 16.5. The third kappa shape index (κ3) is 4.39. The lowest BCUT2D eigenvalue weighted by atomic mass is 10.1. The van der Waals surface area contributed by atoms with E-state index in [1.807, 2.05) is 0 Å². The van der Waals surface area contributed by atoms with Gasteiger partial charge in [0.15, 0.2) is 11.6 Å². The molecule has 0 radical (unpaired) electrons. The minimum Gasteiger partial charge on any atom is -0.457 e. The Morgan fingerprint density at radius 3 is 2.38 bits per heavy atom. The van der Waals surface area contributed by atoms with Crippen molar-refractivity contribution in [2.45, 2.75) is 13.3 Å². The molecule has 9 heteroatoms. The third-order valence-corrected chi connectivity index (χ3v) is 3.45. The van der Waals surface area contributed by atoms with Crippen LogP contribution in [0.25, 0.3) is 20.9 Å². The van der Waals surface area contributed by atoms with Crippen LogP contribution in [0.4, 0.5) is 5.69 Å². The van der Waals surface area contributed by atoms with Crippen molar-refractivity contribution in [1.29, 1.82) is 0 Å². The van der Waals surface area contributed by atoms with Crippen LogP contribution in [-0.2, 0) is 0 Å². The van der Waals surface area contributed by atoms with Gasteiger partial charge in [-0.2, -0.15) is 0 Å². The van der Waals surface area contributed by atoms with Gasteiger partial charge >= 0.3 is 0 Å². The van der Waals surface area contributed by atoms with Crippen LogP contribution in [0.2, 0.25) is 0 Å². The second-order valence-electron chi connectivity index (χ2n) is 5.06. The van der Waals surface area contributed by atoms with E-state index < -0.39 is 0 Å². The van der Waals surface area contributed by atoms with Crippen molar-refractivity contribution in [3.8, 4) is 11.5 Å². The molecule has 0 aliphatic carbocycles. The Hall–Kier alpha value is -3.80. The molecule has 0 heterocycles. The molecule has 130 valence electrons. The molecule has 0 atom stereocenters. The van der Waals surface area contributed by atoms with Gasteiger partial charge in [-0.15, -0.1) is 0 Å². The number of carbonyl (C=O) groups excluding carboxylic acids is 2. The second-order valence-corrected chi connectivity index (χ2v) is 5.06. The molecule has 0 aliphatic rings. The molecule has 0 N–H and O–H groups in total. The van der Waals surface area contributed by atoms with E-state index in [2.05, 4.69) is 20.1 Å². The van der Waals surface area contributed by atoms with E-state index in [1.54, 1.807) is 37.3 Å². The fourth-order valence-corrected chi connectivity index (χ4v) is 2.19. The van der Waals surface area contributed by atoms with E-state index in [9.17, 15) is 9.59 Å². The molecular formula is C17H14N6O3. The molecule has 0 aliphatic heterocycles. The van der Waals surface area contributed by atoms with Gasteiger partial charge < -0.3 is 4.74 Å². The van der Waals surface area contributed by atoms with Crippen LogP contribution in [0.15, 0.2) is 52.7 Å². The Morgan fingerprint density at radius 1 is 1.04 bits per heavy atom. The zero-order valence-electron chi connectivity index (χ0n) is 13.9. The molecule has 0 bridgehead atoms. The van der Waals surface area contributed by atoms with Gasteiger partial charge in [-0.1, -0.05) is 29.3 Å². The van der Waals surface area contributed by atoms with E-state index in [4.69, 9.17) is 15.8 Å². The summed E-state index contributed by atoms with van der Waals surface area (Å²) >= 11 is 0. The van der Waals surface area contributed by atoms with Gasteiger partial charge in [0.1, 0.15) is 11.5 Å². The number of ether oxygens (including phenoxy) is 1. The summed E-state index contributed by atoms with van der Waals surface area (Å²) in [5, 5.41) is 6.81. The maximum Gasteiger partial charge on any atom is 0.168 e. The van der Waals surface area contributed by atoms with Gasteiger partial charge in [0.2, 0.25) is 0 Å². The van der Waals surface area contributed by atoms with Crippen LogP contribution in [0.3, 0.4) is 0 Å². The van der Waals surface area contributed by atoms with Crippen molar-refractivity contribution < 1.29 is 14.3 Å². The monoisotopic (exact) mass is 350 g/mol. The highest BCUT2D eigenvalue weighted by Crippen LogP contribution is 2.35. The zero-order valence-corrected chi connectivity index (χ0v) is 13.9. The number of nitrogens with zero attached hydrogens (tertiary/aromatic N) is 6. The van der Waals surface area contributed by atoms with Gasteiger partial charge in [-0.25, -0.2) is 0 Å². The number of ketones is 2. The van der Waals surface area contributed by atoms with Gasteiger partial charge in [0, 0.05) is 27.4 Å². The Balaban J connectivity index is 2.31. The van der Waals surface area contributed by atoms with Crippen molar-refractivity contribution in [2.75, 3.05) is 6.54 Å². The molecule has 26 heavy (non-hydrogen) atoms. The Bertz CT molecular complexity index is 926. The average Bonchev–Trinajstić information content (AvgIpc) is 2.67. The van der Waals surface area contributed by atoms with Crippen molar-refractivity contribution in [1.82, 2.24) is 0 Å². The van der Waals surface area contributed by atoms with Gasteiger partial charge in [-0.3, -0.25) is 9.59 Å². The van der Waals surface area contributed by atoms with Crippen molar-refractivity contribution in [3.05, 3.63) is 74.5 Å². The van der Waals surface area contributed by atoms with Crippen LogP contribution < -0.4 is 4.74 Å². The summed E-state index contributed by atoms with van der Waals surface area (Å²) in [6, 6.07) is 10.9. The summed E-state index contributed by atoms with van der Waals surface area (Å²) in [7, 11) is 0. The van der Waals surface area contributed by atoms with Crippen molar-refractivity contribution >= 4 is 17.3 Å². The Kier molecular flexibility index (Phi) is 6.34. The van der Waals surface area contributed by atoms with E-state index in [-0.39, 0.29) is 41.5 Å². The topological polar surface area (TPSA) is 141 Å². The van der Waals surface area contributed by atoms with Gasteiger partial charge in [0.25, 0.3) is 0 Å². The summed E-state index contributed by atoms with van der Waals surface area (Å²) in [6.07, 6.45) is 0.263. The second kappa shape index (κ2) is 8.89. The lowest BCUT2D eigenvalue weighted by Gasteiger charge is -2.11.